The summed E-state index contributed by atoms with van der Waals surface area (Å²) in [6.45, 7) is 3.75. The van der Waals surface area contributed by atoms with Crippen LogP contribution < -0.4 is 9.64 Å². The third-order valence-corrected chi connectivity index (χ3v) is 5.43. The molecule has 0 spiro atoms. The number of carbonyl (C=O) groups excluding carboxylic acids is 3. The predicted molar refractivity (Wildman–Crippen MR) is 128 cm³/mol. The van der Waals surface area contributed by atoms with E-state index in [1.807, 2.05) is 12.1 Å². The Morgan fingerprint density at radius 3 is 2.24 bits per heavy atom. The molecule has 3 rings (SSSR count). The average Bonchev–Trinajstić information content (AvgIpc) is 3.18. The second-order valence-corrected chi connectivity index (χ2v) is 7.49. The minimum Gasteiger partial charge on any atom is -0.497 e. The minimum absolute atomic E-state index is 0.0182. The molecule has 0 aliphatic rings. The van der Waals surface area contributed by atoms with Crippen LogP contribution in [0.1, 0.15) is 29.9 Å². The first-order chi connectivity index (χ1) is 16.0. The van der Waals surface area contributed by atoms with E-state index in [4.69, 9.17) is 14.2 Å². The van der Waals surface area contributed by atoms with Crippen LogP contribution in [-0.4, -0.2) is 48.2 Å². The summed E-state index contributed by atoms with van der Waals surface area (Å²) in [6, 6.07) is 14.2. The maximum Gasteiger partial charge on any atom is 0.419 e. The number of hydrogen-bond donors (Lipinski definition) is 0. The zero-order chi connectivity index (χ0) is 24.0. The Morgan fingerprint density at radius 1 is 0.970 bits per heavy atom. The third-order valence-electron chi connectivity index (χ3n) is 4.95. The first-order valence-corrected chi connectivity index (χ1v) is 11.6. The van der Waals surface area contributed by atoms with Crippen molar-refractivity contribution < 1.29 is 28.6 Å². The van der Waals surface area contributed by atoms with Crippen molar-refractivity contribution in [1.29, 1.82) is 0 Å². The monoisotopic (exact) mass is 516 g/mol. The molecule has 0 aliphatic carbocycles. The number of anilines is 1. The number of halogens is 1. The molecule has 1 amide bonds. The zero-order valence-corrected chi connectivity index (χ0v) is 20.3. The number of rotatable bonds is 8. The second-order valence-electron chi connectivity index (χ2n) is 6.93. The Bertz CT molecular complexity index is 1160. The van der Waals surface area contributed by atoms with Crippen molar-refractivity contribution in [1.82, 2.24) is 4.57 Å². The standard InChI is InChI=1S/C24H25BrN2O6/c1-4-32-23(29)22-21(18-8-6-7-9-19(18)27(22)24(30)33-5-2)26(20(28)14-25)15-16-10-12-17(31-3)13-11-16/h6-13H,4-5,14-15H2,1-3H3. The van der Waals surface area contributed by atoms with Crippen LogP contribution in [0.4, 0.5) is 10.5 Å². The van der Waals surface area contributed by atoms with E-state index < -0.39 is 12.1 Å². The van der Waals surface area contributed by atoms with Gasteiger partial charge in [-0.1, -0.05) is 46.3 Å². The van der Waals surface area contributed by atoms with Crippen LogP contribution in [0.5, 0.6) is 5.75 Å². The number of hydrogen-bond acceptors (Lipinski definition) is 6. The van der Waals surface area contributed by atoms with Crippen LogP contribution in [-0.2, 0) is 20.8 Å². The SMILES string of the molecule is CCOC(=O)c1c(N(Cc2ccc(OC)cc2)C(=O)CBr)c2ccccc2n1C(=O)OCC. The molecule has 8 nitrogen and oxygen atoms in total. The van der Waals surface area contributed by atoms with Crippen molar-refractivity contribution >= 4 is 50.5 Å². The summed E-state index contributed by atoms with van der Waals surface area (Å²) in [5, 5.41) is 0.570. The molecule has 3 aromatic rings. The number of esters is 1. The largest absolute Gasteiger partial charge is 0.497 e. The van der Waals surface area contributed by atoms with E-state index in [1.54, 1.807) is 57.4 Å². The van der Waals surface area contributed by atoms with Crippen molar-refractivity contribution in [3.05, 3.63) is 59.8 Å². The molecule has 0 unspecified atom stereocenters. The molecule has 1 aromatic heterocycles. The minimum atomic E-state index is -0.723. The van der Waals surface area contributed by atoms with Gasteiger partial charge in [-0.3, -0.25) is 4.79 Å². The lowest BCUT2D eigenvalue weighted by atomic mass is 10.1. The molecule has 9 heteroatoms. The molecular formula is C24H25BrN2O6. The van der Waals surface area contributed by atoms with Gasteiger partial charge >= 0.3 is 12.1 Å². The van der Waals surface area contributed by atoms with Gasteiger partial charge in [-0.05, 0) is 37.6 Å². The Labute approximate surface area is 200 Å². The lowest BCUT2D eigenvalue weighted by Gasteiger charge is -2.23. The average molecular weight is 517 g/mol. The van der Waals surface area contributed by atoms with Gasteiger partial charge in [0, 0.05) is 5.39 Å². The van der Waals surface area contributed by atoms with Crippen LogP contribution >= 0.6 is 15.9 Å². The van der Waals surface area contributed by atoms with E-state index in [-0.39, 0.29) is 42.4 Å². The number of amides is 1. The molecule has 174 valence electrons. The predicted octanol–water partition coefficient (Wildman–Crippen LogP) is 4.76. The summed E-state index contributed by atoms with van der Waals surface area (Å²) in [5.41, 5.74) is 1.49. The van der Waals surface area contributed by atoms with E-state index in [9.17, 15) is 14.4 Å². The Kier molecular flexibility index (Phi) is 8.11. The maximum absolute atomic E-state index is 13.1. The summed E-state index contributed by atoms with van der Waals surface area (Å²) >= 11 is 3.24. The second kappa shape index (κ2) is 11.0. The highest BCUT2D eigenvalue weighted by Gasteiger charge is 2.33. The summed E-state index contributed by atoms with van der Waals surface area (Å²) < 4.78 is 16.9. The van der Waals surface area contributed by atoms with Gasteiger partial charge in [0.25, 0.3) is 0 Å². The molecular weight excluding hydrogens is 492 g/mol. The van der Waals surface area contributed by atoms with Gasteiger partial charge in [-0.15, -0.1) is 0 Å². The molecule has 0 saturated carbocycles. The van der Waals surface area contributed by atoms with Crippen molar-refractivity contribution in [2.24, 2.45) is 0 Å². The van der Waals surface area contributed by atoms with Crippen LogP contribution in [0, 0.1) is 0 Å². The molecule has 2 aromatic carbocycles. The van der Waals surface area contributed by atoms with E-state index in [0.717, 1.165) is 5.56 Å². The number of para-hydroxylation sites is 1. The Morgan fingerprint density at radius 2 is 1.64 bits per heavy atom. The molecule has 0 radical (unpaired) electrons. The highest BCUT2D eigenvalue weighted by molar-refractivity contribution is 9.09. The number of aromatic nitrogens is 1. The van der Waals surface area contributed by atoms with Crippen LogP contribution in [0.3, 0.4) is 0 Å². The Hall–Kier alpha value is -3.33. The van der Waals surface area contributed by atoms with E-state index in [1.165, 1.54) is 9.47 Å². The van der Waals surface area contributed by atoms with Gasteiger partial charge in [0.1, 0.15) is 5.75 Å². The fourth-order valence-corrected chi connectivity index (χ4v) is 3.84. The van der Waals surface area contributed by atoms with Crippen LogP contribution in [0.2, 0.25) is 0 Å². The van der Waals surface area contributed by atoms with Gasteiger partial charge in [0.15, 0.2) is 5.69 Å². The maximum atomic E-state index is 13.1. The molecule has 0 saturated heterocycles. The number of nitrogens with zero attached hydrogens (tertiary/aromatic N) is 2. The van der Waals surface area contributed by atoms with Crippen LogP contribution in [0.25, 0.3) is 10.9 Å². The smallest absolute Gasteiger partial charge is 0.419 e. The molecule has 0 fully saturated rings. The molecule has 1 heterocycles. The lowest BCUT2D eigenvalue weighted by molar-refractivity contribution is -0.116. The normalized spacial score (nSPS) is 10.7. The highest BCUT2D eigenvalue weighted by Crippen LogP contribution is 2.36. The zero-order valence-electron chi connectivity index (χ0n) is 18.7. The van der Waals surface area contributed by atoms with E-state index in [0.29, 0.717) is 16.7 Å². The molecule has 0 atom stereocenters. The number of carbonyl (C=O) groups is 3. The molecule has 0 bridgehead atoms. The van der Waals surface area contributed by atoms with Crippen molar-refractivity contribution in [3.8, 4) is 5.75 Å². The van der Waals surface area contributed by atoms with Gasteiger partial charge in [-0.25, -0.2) is 14.2 Å². The molecule has 0 aliphatic heterocycles. The van der Waals surface area contributed by atoms with Crippen molar-refractivity contribution in [2.75, 3.05) is 30.6 Å². The summed E-state index contributed by atoms with van der Waals surface area (Å²) in [6.07, 6.45) is -0.723. The first kappa shape index (κ1) is 24.3. The Balaban J connectivity index is 2.27. The number of fused-ring (bicyclic) bond motifs is 1. The number of benzene rings is 2. The fraction of sp³-hybridized carbons (Fsp3) is 0.292. The summed E-state index contributed by atoms with van der Waals surface area (Å²) in [4.78, 5) is 40.6. The topological polar surface area (TPSA) is 87.1 Å². The quantitative estimate of drug-likeness (QED) is 0.317. The van der Waals surface area contributed by atoms with Crippen LogP contribution in [0.15, 0.2) is 48.5 Å². The van der Waals surface area contributed by atoms with Gasteiger partial charge in [-0.2, -0.15) is 0 Å². The number of alkyl halides is 1. The third kappa shape index (κ3) is 5.03. The molecule has 0 N–H and O–H groups in total. The van der Waals surface area contributed by atoms with E-state index in [2.05, 4.69) is 15.9 Å². The van der Waals surface area contributed by atoms with Gasteiger partial charge < -0.3 is 19.1 Å². The lowest BCUT2D eigenvalue weighted by Crippen LogP contribution is -2.33. The highest BCUT2D eigenvalue weighted by atomic mass is 79.9. The van der Waals surface area contributed by atoms with Gasteiger partial charge in [0.2, 0.25) is 5.91 Å². The van der Waals surface area contributed by atoms with E-state index >= 15 is 0 Å². The number of ether oxygens (including phenoxy) is 3. The van der Waals surface area contributed by atoms with Crippen molar-refractivity contribution in [3.63, 3.8) is 0 Å². The summed E-state index contributed by atoms with van der Waals surface area (Å²) in [5.74, 6) is -0.328. The number of methoxy groups -OCH3 is 1. The first-order valence-electron chi connectivity index (χ1n) is 10.4. The fourth-order valence-electron chi connectivity index (χ4n) is 3.54. The summed E-state index contributed by atoms with van der Waals surface area (Å²) in [7, 11) is 1.57. The van der Waals surface area contributed by atoms with Crippen molar-refractivity contribution in [2.45, 2.75) is 20.4 Å². The molecule has 33 heavy (non-hydrogen) atoms. The van der Waals surface area contributed by atoms with Gasteiger partial charge in [0.05, 0.1) is 43.4 Å².